The summed E-state index contributed by atoms with van der Waals surface area (Å²) in [6.07, 6.45) is -4.29. The van der Waals surface area contributed by atoms with Gasteiger partial charge in [0.05, 0.1) is 0 Å². The summed E-state index contributed by atoms with van der Waals surface area (Å²) in [6.45, 7) is 1.21. The Morgan fingerprint density at radius 2 is 1.08 bits per heavy atom. The lowest BCUT2D eigenvalue weighted by Crippen LogP contribution is -2.72. The lowest BCUT2D eigenvalue weighted by Gasteiger charge is -2.41. The predicted molar refractivity (Wildman–Crippen MR) is 57.0 cm³/mol. The lowest BCUT2D eigenvalue weighted by molar-refractivity contribution is -0.424. The Morgan fingerprint density at radius 3 is 1.35 bits per heavy atom. The van der Waals surface area contributed by atoms with E-state index in [1.807, 2.05) is 0 Å². The Hall–Kier alpha value is -1.70. The average molecular weight is 418 g/mol. The third-order valence-corrected chi connectivity index (χ3v) is 3.13. The van der Waals surface area contributed by atoms with Crippen LogP contribution in [0.4, 0.5) is 57.1 Å². The molecule has 15 heteroatoms. The van der Waals surface area contributed by atoms with Gasteiger partial charge in [-0.15, -0.1) is 0 Å². The fourth-order valence-corrected chi connectivity index (χ4v) is 1.37. The van der Waals surface area contributed by atoms with Crippen LogP contribution in [0.25, 0.3) is 0 Å². The first-order chi connectivity index (χ1) is 11.0. The highest BCUT2D eigenvalue weighted by Crippen LogP contribution is 2.61. The molecule has 0 saturated heterocycles. The van der Waals surface area contributed by atoms with Gasteiger partial charge in [0.15, 0.2) is 6.17 Å². The van der Waals surface area contributed by atoms with Gasteiger partial charge < -0.3 is 5.11 Å². The Morgan fingerprint density at radius 1 is 0.769 bits per heavy atom. The number of rotatable bonds is 8. The van der Waals surface area contributed by atoms with Gasteiger partial charge in [0.2, 0.25) is 0 Å². The fourth-order valence-electron chi connectivity index (χ4n) is 1.37. The van der Waals surface area contributed by atoms with Crippen LogP contribution in [0.5, 0.6) is 0 Å². The van der Waals surface area contributed by atoms with E-state index in [0.717, 1.165) is 0 Å². The molecular weight excluding hydrogens is 411 g/mol. The summed E-state index contributed by atoms with van der Waals surface area (Å²) in [5.74, 6) is -47.7. The normalized spacial score (nSPS) is 16.4. The maximum Gasteiger partial charge on any atom is 0.385 e. The van der Waals surface area contributed by atoms with Crippen LogP contribution >= 0.6 is 0 Å². The Labute approximate surface area is 135 Å². The van der Waals surface area contributed by atoms with Gasteiger partial charge in [-0.05, 0) is 6.92 Å². The molecule has 0 bridgehead atoms. The van der Waals surface area contributed by atoms with E-state index >= 15 is 0 Å². The van der Waals surface area contributed by atoms with Crippen LogP contribution in [0, 0.1) is 0 Å². The predicted octanol–water partition coefficient (Wildman–Crippen LogP) is 4.80. The second-order valence-electron chi connectivity index (χ2n) is 4.89. The SMILES string of the molecule is C=C(C(=O)O)C(F)(F)C(F)(F)C(F)(F)C(F)(F)C(F)(F)C(F)(F)C(C)F. The summed E-state index contributed by atoms with van der Waals surface area (Å²) >= 11 is 0. The molecule has 0 fully saturated rings. The summed E-state index contributed by atoms with van der Waals surface area (Å²) in [6, 6.07) is 0. The summed E-state index contributed by atoms with van der Waals surface area (Å²) < 4.78 is 170. The molecule has 0 saturated carbocycles. The largest absolute Gasteiger partial charge is 0.478 e. The topological polar surface area (TPSA) is 37.3 Å². The molecule has 0 aliphatic rings. The highest BCUT2D eigenvalue weighted by Gasteiger charge is 2.91. The van der Waals surface area contributed by atoms with Gasteiger partial charge in [-0.1, -0.05) is 6.58 Å². The van der Waals surface area contributed by atoms with Crippen molar-refractivity contribution in [2.24, 2.45) is 0 Å². The Kier molecular flexibility index (Phi) is 5.78. The van der Waals surface area contributed by atoms with Crippen molar-refractivity contribution < 1.29 is 67.0 Å². The number of hydrogen-bond acceptors (Lipinski definition) is 1. The van der Waals surface area contributed by atoms with E-state index in [4.69, 9.17) is 5.11 Å². The first-order valence-electron chi connectivity index (χ1n) is 5.88. The van der Waals surface area contributed by atoms with Crippen LogP contribution < -0.4 is 0 Å². The van der Waals surface area contributed by atoms with Crippen LogP contribution in [0.3, 0.4) is 0 Å². The smallest absolute Gasteiger partial charge is 0.385 e. The van der Waals surface area contributed by atoms with Gasteiger partial charge in [0, 0.05) is 0 Å². The van der Waals surface area contributed by atoms with Gasteiger partial charge >= 0.3 is 41.5 Å². The molecule has 0 aromatic rings. The zero-order valence-corrected chi connectivity index (χ0v) is 12.1. The van der Waals surface area contributed by atoms with E-state index in [1.165, 1.54) is 0 Å². The zero-order valence-electron chi connectivity index (χ0n) is 12.1. The molecule has 0 rings (SSSR count). The number of aliphatic carboxylic acids is 1. The number of alkyl halides is 13. The molecule has 0 radical (unpaired) electrons. The van der Waals surface area contributed by atoms with Crippen LogP contribution in [-0.4, -0.2) is 52.8 Å². The van der Waals surface area contributed by atoms with Gasteiger partial charge in [-0.2, -0.15) is 52.7 Å². The quantitative estimate of drug-likeness (QED) is 0.455. The van der Waals surface area contributed by atoms with Crippen LogP contribution in [0.2, 0.25) is 0 Å². The molecule has 0 spiro atoms. The minimum absolute atomic E-state index is 0.513. The standard InChI is InChI=1S/C11H7F13O2/c1-3(5(25)26)6(13,14)8(17,18)10(21,22)11(23,24)9(19,20)7(15,16)4(2)12/h4H,1H2,2H3,(H,25,26). The third-order valence-electron chi connectivity index (χ3n) is 3.13. The van der Waals surface area contributed by atoms with E-state index < -0.39 is 60.2 Å². The van der Waals surface area contributed by atoms with Gasteiger partial charge in [-0.3, -0.25) is 0 Å². The molecule has 0 aromatic carbocycles. The third kappa shape index (κ3) is 2.88. The number of carbonyl (C=O) groups is 1. The van der Waals surface area contributed by atoms with Crippen molar-refractivity contribution in [1.29, 1.82) is 0 Å². The van der Waals surface area contributed by atoms with Crippen molar-refractivity contribution in [3.63, 3.8) is 0 Å². The average Bonchev–Trinajstić information content (AvgIpc) is 2.44. The second-order valence-corrected chi connectivity index (χ2v) is 4.89. The number of hydrogen-bond donors (Lipinski definition) is 1. The number of carboxylic acids is 1. The van der Waals surface area contributed by atoms with Gasteiger partial charge in [-0.25, -0.2) is 9.18 Å². The molecule has 0 heterocycles. The van der Waals surface area contributed by atoms with Crippen LogP contribution in [0.15, 0.2) is 12.2 Å². The first-order valence-corrected chi connectivity index (χ1v) is 5.88. The molecule has 0 aliphatic heterocycles. The highest BCUT2D eigenvalue weighted by atomic mass is 19.4. The molecule has 1 atom stereocenters. The van der Waals surface area contributed by atoms with Gasteiger partial charge in [0.1, 0.15) is 5.57 Å². The summed E-state index contributed by atoms with van der Waals surface area (Å²) in [5, 5.41) is 8.05. The highest BCUT2D eigenvalue weighted by molar-refractivity contribution is 5.88. The van der Waals surface area contributed by atoms with E-state index in [-0.39, 0.29) is 0 Å². The minimum Gasteiger partial charge on any atom is -0.478 e. The molecule has 0 aliphatic carbocycles. The maximum absolute atomic E-state index is 13.2. The molecule has 0 aromatic heterocycles. The Balaban J connectivity index is 6.53. The number of halogens is 13. The first kappa shape index (κ1) is 24.3. The van der Waals surface area contributed by atoms with Crippen molar-refractivity contribution in [2.75, 3.05) is 0 Å². The van der Waals surface area contributed by atoms with Crippen molar-refractivity contribution in [3.8, 4) is 0 Å². The van der Waals surface area contributed by atoms with E-state index in [0.29, 0.717) is 0 Å². The molecule has 2 nitrogen and oxygen atoms in total. The Bertz CT molecular complexity index is 579. The summed E-state index contributed by atoms with van der Waals surface area (Å²) in [4.78, 5) is 10.2. The van der Waals surface area contributed by atoms with Crippen molar-refractivity contribution in [3.05, 3.63) is 12.2 Å². The van der Waals surface area contributed by atoms with E-state index in [1.54, 1.807) is 6.58 Å². The fraction of sp³-hybridized carbons (Fsp3) is 0.727. The van der Waals surface area contributed by atoms with Crippen LogP contribution in [-0.2, 0) is 4.79 Å². The van der Waals surface area contributed by atoms with Crippen molar-refractivity contribution >= 4 is 5.97 Å². The molecule has 1 N–H and O–H groups in total. The van der Waals surface area contributed by atoms with E-state index in [2.05, 4.69) is 0 Å². The monoisotopic (exact) mass is 418 g/mol. The zero-order chi connectivity index (χ0) is 21.7. The lowest BCUT2D eigenvalue weighted by atomic mass is 9.88. The van der Waals surface area contributed by atoms with Crippen molar-refractivity contribution in [1.82, 2.24) is 0 Å². The summed E-state index contributed by atoms with van der Waals surface area (Å²) in [7, 11) is 0. The second kappa shape index (κ2) is 6.18. The van der Waals surface area contributed by atoms with Crippen LogP contribution in [0.1, 0.15) is 6.92 Å². The molecular formula is C11H7F13O2. The molecule has 0 amide bonds. The minimum atomic E-state index is -7.97. The number of carboxylic acid groups (broad SMARTS) is 1. The molecule has 1 unspecified atom stereocenters. The molecule has 26 heavy (non-hydrogen) atoms. The maximum atomic E-state index is 13.2. The van der Waals surface area contributed by atoms with Gasteiger partial charge in [0.25, 0.3) is 0 Å². The van der Waals surface area contributed by atoms with E-state index in [9.17, 15) is 61.9 Å². The summed E-state index contributed by atoms with van der Waals surface area (Å²) in [5.41, 5.74) is -3.12. The molecule has 154 valence electrons. The van der Waals surface area contributed by atoms with Crippen molar-refractivity contribution in [2.45, 2.75) is 48.6 Å².